The Morgan fingerprint density at radius 1 is 1.34 bits per heavy atom. The summed E-state index contributed by atoms with van der Waals surface area (Å²) in [5.41, 5.74) is 0.586. The molecule has 0 aromatic heterocycles. The third-order valence-corrected chi connectivity index (χ3v) is 6.35. The van der Waals surface area contributed by atoms with E-state index in [0.29, 0.717) is 31.7 Å². The topological polar surface area (TPSA) is 53.9 Å². The molecule has 1 aromatic rings. The number of allylic oxidation sites excluding steroid dienone is 4. The summed E-state index contributed by atoms with van der Waals surface area (Å²) in [6, 6.07) is 4.33. The lowest BCUT2D eigenvalue weighted by atomic mass is 9.75. The molecule has 2 aliphatic rings. The number of carbonyl (C=O) groups is 1. The number of hydrazone groups is 1. The van der Waals surface area contributed by atoms with Crippen molar-refractivity contribution in [1.82, 2.24) is 5.32 Å². The van der Waals surface area contributed by atoms with E-state index < -0.39 is 11.4 Å². The number of unbranched alkanes of at least 4 members (excludes halogenated alkanes) is 1. The number of nitrogens with one attached hydrogen (secondary N) is 1. The van der Waals surface area contributed by atoms with E-state index in [4.69, 9.17) is 21.4 Å². The van der Waals surface area contributed by atoms with Crippen molar-refractivity contribution < 1.29 is 18.3 Å². The molecule has 0 bridgehead atoms. The van der Waals surface area contributed by atoms with E-state index in [9.17, 15) is 13.6 Å². The van der Waals surface area contributed by atoms with Crippen LogP contribution in [0.25, 0.3) is 0 Å². The molecule has 0 spiro atoms. The van der Waals surface area contributed by atoms with Gasteiger partial charge in [-0.15, -0.1) is 0 Å². The quantitative estimate of drug-likeness (QED) is 0.486. The van der Waals surface area contributed by atoms with E-state index in [-0.39, 0.29) is 34.8 Å². The molecule has 174 valence electrons. The number of benzene rings is 1. The molecule has 0 saturated heterocycles. The molecule has 1 aromatic carbocycles. The molecule has 1 N–H and O–H groups in total. The summed E-state index contributed by atoms with van der Waals surface area (Å²) >= 11 is 5.96. The van der Waals surface area contributed by atoms with Gasteiger partial charge in [-0.05, 0) is 49.6 Å². The molecule has 8 heteroatoms. The average molecular weight is 466 g/mol. The number of anilines is 1. The van der Waals surface area contributed by atoms with Crippen molar-refractivity contribution in [3.8, 4) is 0 Å². The lowest BCUT2D eigenvalue weighted by molar-refractivity contribution is -0.127. The van der Waals surface area contributed by atoms with E-state index in [1.54, 1.807) is 26.2 Å². The number of carbonyl (C=O) groups excluding carboxylic acids is 1. The monoisotopic (exact) mass is 465 g/mol. The zero-order valence-electron chi connectivity index (χ0n) is 18.8. The van der Waals surface area contributed by atoms with Crippen LogP contribution in [0.1, 0.15) is 46.0 Å². The Morgan fingerprint density at radius 3 is 2.75 bits per heavy atom. The number of rotatable bonds is 9. The first-order valence-corrected chi connectivity index (χ1v) is 11.4. The van der Waals surface area contributed by atoms with Gasteiger partial charge in [0.1, 0.15) is 17.2 Å². The first-order valence-electron chi connectivity index (χ1n) is 11.0. The van der Waals surface area contributed by atoms with Crippen LogP contribution >= 0.6 is 11.6 Å². The van der Waals surface area contributed by atoms with Crippen molar-refractivity contribution >= 4 is 28.9 Å². The highest BCUT2D eigenvalue weighted by molar-refractivity contribution is 6.30. The molecular formula is C24H30ClF2N3O2. The fraction of sp³-hybridized carbons (Fsp3) is 0.500. The van der Waals surface area contributed by atoms with E-state index in [1.165, 1.54) is 23.2 Å². The third kappa shape index (κ3) is 4.89. The van der Waals surface area contributed by atoms with Crippen molar-refractivity contribution in [3.63, 3.8) is 0 Å². The lowest BCUT2D eigenvalue weighted by Gasteiger charge is -2.38. The van der Waals surface area contributed by atoms with Gasteiger partial charge >= 0.3 is 0 Å². The molecule has 3 rings (SSSR count). The first kappa shape index (κ1) is 24.4. The van der Waals surface area contributed by atoms with Crippen molar-refractivity contribution in [2.24, 2.45) is 11.0 Å². The van der Waals surface area contributed by atoms with Crippen LogP contribution in [0.4, 0.5) is 14.5 Å². The molecule has 2 unspecified atom stereocenters. The molecule has 1 aliphatic heterocycles. The van der Waals surface area contributed by atoms with Crippen LogP contribution in [0.3, 0.4) is 0 Å². The fourth-order valence-electron chi connectivity index (χ4n) is 4.29. The second-order valence-corrected chi connectivity index (χ2v) is 8.73. The number of nitrogens with zero attached hydrogens (tertiary/aromatic N) is 2. The number of halogens is 3. The van der Waals surface area contributed by atoms with Gasteiger partial charge in [-0.1, -0.05) is 37.4 Å². The Kier molecular flexibility index (Phi) is 8.06. The third-order valence-electron chi connectivity index (χ3n) is 6.12. The summed E-state index contributed by atoms with van der Waals surface area (Å²) in [6.07, 6.45) is 6.45. The highest BCUT2D eigenvalue weighted by Gasteiger charge is 2.54. The van der Waals surface area contributed by atoms with Crippen LogP contribution in [-0.2, 0) is 9.53 Å². The van der Waals surface area contributed by atoms with Crippen LogP contribution < -0.4 is 10.3 Å². The minimum atomic E-state index is -1.17. The fourth-order valence-corrected chi connectivity index (χ4v) is 4.45. The highest BCUT2D eigenvalue weighted by atomic mass is 35.5. The van der Waals surface area contributed by atoms with Gasteiger partial charge in [-0.3, -0.25) is 4.79 Å². The number of hydrogen-bond donors (Lipinski definition) is 1. The average Bonchev–Trinajstić information content (AvgIpc) is 3.06. The van der Waals surface area contributed by atoms with Gasteiger partial charge in [0.05, 0.1) is 18.0 Å². The van der Waals surface area contributed by atoms with E-state index in [1.807, 2.05) is 0 Å². The van der Waals surface area contributed by atoms with Crippen molar-refractivity contribution in [2.75, 3.05) is 25.3 Å². The number of hydrogen-bond acceptors (Lipinski definition) is 4. The Hall–Kier alpha value is -2.25. The molecule has 2 atom stereocenters. The zero-order valence-corrected chi connectivity index (χ0v) is 19.5. The van der Waals surface area contributed by atoms with Gasteiger partial charge in [-0.25, -0.2) is 13.8 Å². The molecule has 0 radical (unpaired) electrons. The van der Waals surface area contributed by atoms with Crippen molar-refractivity contribution in [3.05, 3.63) is 52.6 Å². The van der Waals surface area contributed by atoms with Crippen LogP contribution in [0.2, 0.25) is 5.02 Å². The predicted molar refractivity (Wildman–Crippen MR) is 124 cm³/mol. The number of ether oxygens (including phenoxy) is 1. The minimum Gasteiger partial charge on any atom is -0.383 e. The Labute approximate surface area is 193 Å². The Balaban J connectivity index is 2.11. The summed E-state index contributed by atoms with van der Waals surface area (Å²) in [4.78, 5) is 13.5. The summed E-state index contributed by atoms with van der Waals surface area (Å²) in [5.74, 6) is -1.29. The lowest BCUT2D eigenvalue weighted by Crippen LogP contribution is -2.58. The predicted octanol–water partition coefficient (Wildman–Crippen LogP) is 5.56. The smallest absolute Gasteiger partial charge is 0.248 e. The van der Waals surface area contributed by atoms with E-state index in [2.05, 4.69) is 12.2 Å². The van der Waals surface area contributed by atoms with Crippen LogP contribution in [-0.4, -0.2) is 37.4 Å². The van der Waals surface area contributed by atoms with Gasteiger partial charge < -0.3 is 10.1 Å². The second kappa shape index (κ2) is 10.6. The largest absolute Gasteiger partial charge is 0.383 e. The van der Waals surface area contributed by atoms with Gasteiger partial charge in [0.2, 0.25) is 5.91 Å². The Bertz CT molecular complexity index is 947. The standard InChI is InChI=1S/C24H30ClF2N3O2/c1-4-5-6-19-22(16-7-10-18(26)11-8-16)29-30(21-12-9-17(25)15-20(21)27)24(19,2)23(31)28-13-14-32-3/h7,9-10,12,15,19H,4-6,8,11,13-14H2,1-3H3,(H,28,31). The van der Waals surface area contributed by atoms with E-state index >= 15 is 0 Å². The Morgan fingerprint density at radius 2 is 2.12 bits per heavy atom. The maximum atomic E-state index is 15.0. The summed E-state index contributed by atoms with van der Waals surface area (Å²) in [6.45, 7) is 4.56. The van der Waals surface area contributed by atoms with Crippen molar-refractivity contribution in [1.29, 1.82) is 0 Å². The van der Waals surface area contributed by atoms with Crippen LogP contribution in [0, 0.1) is 11.7 Å². The minimum absolute atomic E-state index is 0.174. The first-order chi connectivity index (χ1) is 15.3. The molecule has 1 aliphatic carbocycles. The number of amides is 1. The summed E-state index contributed by atoms with van der Waals surface area (Å²) < 4.78 is 33.7. The molecule has 1 amide bonds. The van der Waals surface area contributed by atoms with Crippen molar-refractivity contribution in [2.45, 2.75) is 51.5 Å². The zero-order chi connectivity index (χ0) is 23.3. The second-order valence-electron chi connectivity index (χ2n) is 8.29. The molecule has 5 nitrogen and oxygen atoms in total. The molecule has 0 saturated carbocycles. The molecule has 1 heterocycles. The highest BCUT2D eigenvalue weighted by Crippen LogP contribution is 2.44. The van der Waals surface area contributed by atoms with Gasteiger partial charge in [0.25, 0.3) is 0 Å². The van der Waals surface area contributed by atoms with Gasteiger partial charge in [0, 0.05) is 31.0 Å². The molecular weight excluding hydrogens is 436 g/mol. The number of methoxy groups -OCH3 is 1. The normalized spacial score (nSPS) is 23.0. The maximum Gasteiger partial charge on any atom is 0.248 e. The molecule has 0 fully saturated rings. The summed E-state index contributed by atoms with van der Waals surface area (Å²) in [7, 11) is 1.56. The van der Waals surface area contributed by atoms with Gasteiger partial charge in [0.15, 0.2) is 0 Å². The maximum absolute atomic E-state index is 15.0. The SMILES string of the molecule is CCCCC1C(C2=CC=C(F)CC2)=NN(c2ccc(Cl)cc2F)C1(C)C(=O)NCCOC. The van der Waals surface area contributed by atoms with E-state index in [0.717, 1.165) is 18.4 Å². The molecule has 32 heavy (non-hydrogen) atoms. The summed E-state index contributed by atoms with van der Waals surface area (Å²) in [5, 5.41) is 9.45. The van der Waals surface area contributed by atoms with Crippen LogP contribution in [0.5, 0.6) is 0 Å². The van der Waals surface area contributed by atoms with Crippen LogP contribution in [0.15, 0.2) is 46.9 Å². The van der Waals surface area contributed by atoms with Gasteiger partial charge in [-0.2, -0.15) is 5.10 Å².